The van der Waals surface area contributed by atoms with Crippen LogP contribution in [-0.2, 0) is 19.9 Å². The fourth-order valence-corrected chi connectivity index (χ4v) is 3.26. The summed E-state index contributed by atoms with van der Waals surface area (Å²) in [5, 5.41) is 8.12. The quantitative estimate of drug-likeness (QED) is 0.938. The Balaban J connectivity index is 1.67. The van der Waals surface area contributed by atoms with Crippen LogP contribution in [0.5, 0.6) is 5.88 Å². The summed E-state index contributed by atoms with van der Waals surface area (Å²) >= 11 is 0. The molecule has 0 fully saturated rings. The third-order valence-electron chi connectivity index (χ3n) is 4.36. The van der Waals surface area contributed by atoms with Gasteiger partial charge >= 0.3 is 0 Å². The van der Waals surface area contributed by atoms with Crippen molar-refractivity contribution in [3.8, 4) is 5.88 Å². The second-order valence-electron chi connectivity index (χ2n) is 5.77. The number of fused-ring (bicyclic) bond motifs is 1. The molecule has 1 aliphatic rings. The van der Waals surface area contributed by atoms with E-state index >= 15 is 0 Å². The van der Waals surface area contributed by atoms with Crippen molar-refractivity contribution >= 4 is 5.69 Å². The maximum Gasteiger partial charge on any atom is 0.214 e. The molecule has 0 aliphatic carbocycles. The minimum Gasteiger partial charge on any atom is -0.481 e. The fourth-order valence-electron chi connectivity index (χ4n) is 3.26. The minimum atomic E-state index is 0.532. The Morgan fingerprint density at radius 3 is 3.00 bits per heavy atom. The summed E-state index contributed by atoms with van der Waals surface area (Å²) in [5.41, 5.74) is 5.04. The van der Waals surface area contributed by atoms with E-state index in [1.807, 2.05) is 11.7 Å². The lowest BCUT2D eigenvalue weighted by Gasteiger charge is -2.27. The smallest absolute Gasteiger partial charge is 0.214 e. The van der Waals surface area contributed by atoms with Gasteiger partial charge in [-0.1, -0.05) is 18.2 Å². The topological polar surface area (TPSA) is 39.1 Å². The molecule has 21 heavy (non-hydrogen) atoms. The van der Waals surface area contributed by atoms with E-state index in [1.165, 1.54) is 23.2 Å². The standard InChI is InChI=1S/C17H23N3O/c1-12-15(17(21-3)20(2)19-12)11-10-14-9-8-13-6-4-5-7-16(13)18-14/h4-7,14,18H,8-11H2,1-3H3. The first kappa shape index (κ1) is 14.0. The Bertz CT molecular complexity index is 633. The van der Waals surface area contributed by atoms with Gasteiger partial charge in [-0.15, -0.1) is 0 Å². The van der Waals surface area contributed by atoms with Crippen LogP contribution in [0.4, 0.5) is 5.69 Å². The molecule has 1 atom stereocenters. The number of hydrogen-bond donors (Lipinski definition) is 1. The molecule has 2 heterocycles. The molecule has 1 aromatic carbocycles. The van der Waals surface area contributed by atoms with Gasteiger partial charge in [0.25, 0.3) is 0 Å². The average molecular weight is 285 g/mol. The van der Waals surface area contributed by atoms with Crippen LogP contribution in [0.1, 0.15) is 29.7 Å². The molecule has 0 spiro atoms. The molecular weight excluding hydrogens is 262 g/mol. The number of anilines is 1. The van der Waals surface area contributed by atoms with Gasteiger partial charge in [-0.2, -0.15) is 5.10 Å². The number of hydrogen-bond acceptors (Lipinski definition) is 3. The molecule has 0 saturated heterocycles. The lowest BCUT2D eigenvalue weighted by Crippen LogP contribution is -2.26. The van der Waals surface area contributed by atoms with Gasteiger partial charge in [0.2, 0.25) is 5.88 Å². The van der Waals surface area contributed by atoms with Crippen molar-refractivity contribution in [2.24, 2.45) is 7.05 Å². The van der Waals surface area contributed by atoms with Gasteiger partial charge in [-0.25, -0.2) is 4.68 Å². The summed E-state index contributed by atoms with van der Waals surface area (Å²) in [7, 11) is 3.65. The fraction of sp³-hybridized carbons (Fsp3) is 0.471. The number of para-hydroxylation sites is 1. The molecule has 1 aromatic heterocycles. The number of aromatic nitrogens is 2. The molecule has 0 bridgehead atoms. The first-order valence-corrected chi connectivity index (χ1v) is 7.60. The highest BCUT2D eigenvalue weighted by Gasteiger charge is 2.19. The second kappa shape index (κ2) is 5.80. The lowest BCUT2D eigenvalue weighted by atomic mass is 9.94. The molecule has 1 N–H and O–H groups in total. The Kier molecular flexibility index (Phi) is 3.86. The number of ether oxygens (including phenoxy) is 1. The average Bonchev–Trinajstić information content (AvgIpc) is 2.78. The van der Waals surface area contributed by atoms with Crippen LogP contribution < -0.4 is 10.1 Å². The SMILES string of the molecule is COc1c(CCC2CCc3ccccc3N2)c(C)nn1C. The first-order chi connectivity index (χ1) is 10.2. The molecule has 1 aliphatic heterocycles. The molecule has 4 nitrogen and oxygen atoms in total. The van der Waals surface area contributed by atoms with Gasteiger partial charge in [0, 0.05) is 24.3 Å². The van der Waals surface area contributed by atoms with E-state index in [0.717, 1.165) is 30.8 Å². The normalized spacial score (nSPS) is 17.2. The van der Waals surface area contributed by atoms with Crippen LogP contribution in [0.2, 0.25) is 0 Å². The molecular formula is C17H23N3O. The third kappa shape index (κ3) is 2.75. The summed E-state index contributed by atoms with van der Waals surface area (Å²) in [6.45, 7) is 2.06. The summed E-state index contributed by atoms with van der Waals surface area (Å²) in [5.74, 6) is 0.892. The van der Waals surface area contributed by atoms with Gasteiger partial charge in [0.1, 0.15) is 0 Å². The molecule has 0 saturated carbocycles. The largest absolute Gasteiger partial charge is 0.481 e. The predicted molar refractivity (Wildman–Crippen MR) is 85.0 cm³/mol. The minimum absolute atomic E-state index is 0.532. The van der Waals surface area contributed by atoms with Crippen LogP contribution in [-0.4, -0.2) is 22.9 Å². The van der Waals surface area contributed by atoms with Crippen molar-refractivity contribution in [1.29, 1.82) is 0 Å². The van der Waals surface area contributed by atoms with Gasteiger partial charge in [0.05, 0.1) is 12.8 Å². The van der Waals surface area contributed by atoms with Gasteiger partial charge in [-0.3, -0.25) is 0 Å². The highest BCUT2D eigenvalue weighted by molar-refractivity contribution is 5.53. The van der Waals surface area contributed by atoms with E-state index in [2.05, 4.69) is 41.6 Å². The zero-order chi connectivity index (χ0) is 14.8. The Morgan fingerprint density at radius 2 is 2.19 bits per heavy atom. The molecule has 1 unspecified atom stereocenters. The molecule has 4 heteroatoms. The maximum absolute atomic E-state index is 5.47. The Morgan fingerprint density at radius 1 is 1.38 bits per heavy atom. The number of nitrogens with one attached hydrogen (secondary N) is 1. The molecule has 0 amide bonds. The Hall–Kier alpha value is -1.97. The van der Waals surface area contributed by atoms with E-state index in [4.69, 9.17) is 4.74 Å². The highest BCUT2D eigenvalue weighted by atomic mass is 16.5. The monoisotopic (exact) mass is 285 g/mol. The zero-order valence-corrected chi connectivity index (χ0v) is 13.0. The molecule has 3 rings (SSSR count). The second-order valence-corrected chi connectivity index (χ2v) is 5.77. The van der Waals surface area contributed by atoms with Gasteiger partial charge in [-0.05, 0) is 44.2 Å². The molecule has 2 aromatic rings. The van der Waals surface area contributed by atoms with Crippen LogP contribution in [0, 0.1) is 6.92 Å². The number of nitrogens with zero attached hydrogens (tertiary/aromatic N) is 2. The van der Waals surface area contributed by atoms with Crippen LogP contribution in [0.3, 0.4) is 0 Å². The third-order valence-corrected chi connectivity index (χ3v) is 4.36. The lowest BCUT2D eigenvalue weighted by molar-refractivity contribution is 0.368. The summed E-state index contributed by atoms with van der Waals surface area (Å²) in [6, 6.07) is 9.14. The van der Waals surface area contributed by atoms with Crippen molar-refractivity contribution in [2.75, 3.05) is 12.4 Å². The number of benzene rings is 1. The zero-order valence-electron chi connectivity index (χ0n) is 13.0. The maximum atomic E-state index is 5.47. The van der Waals surface area contributed by atoms with E-state index in [-0.39, 0.29) is 0 Å². The predicted octanol–water partition coefficient (Wildman–Crippen LogP) is 3.10. The molecule has 112 valence electrons. The molecule has 0 radical (unpaired) electrons. The summed E-state index contributed by atoms with van der Waals surface area (Å²) in [6.07, 6.45) is 4.47. The summed E-state index contributed by atoms with van der Waals surface area (Å²) < 4.78 is 7.30. The number of rotatable bonds is 4. The first-order valence-electron chi connectivity index (χ1n) is 7.60. The van der Waals surface area contributed by atoms with Crippen molar-refractivity contribution in [3.05, 3.63) is 41.1 Å². The van der Waals surface area contributed by atoms with Crippen molar-refractivity contribution in [2.45, 2.75) is 38.6 Å². The summed E-state index contributed by atoms with van der Waals surface area (Å²) in [4.78, 5) is 0. The van der Waals surface area contributed by atoms with Crippen molar-refractivity contribution < 1.29 is 4.74 Å². The van der Waals surface area contributed by atoms with Crippen LogP contribution in [0.15, 0.2) is 24.3 Å². The Labute approximate surface area is 126 Å². The van der Waals surface area contributed by atoms with E-state index in [9.17, 15) is 0 Å². The number of methoxy groups -OCH3 is 1. The van der Waals surface area contributed by atoms with Crippen LogP contribution >= 0.6 is 0 Å². The highest BCUT2D eigenvalue weighted by Crippen LogP contribution is 2.28. The van der Waals surface area contributed by atoms with Gasteiger partial charge in [0.15, 0.2) is 0 Å². The number of aryl methyl sites for hydroxylation is 3. The van der Waals surface area contributed by atoms with E-state index in [1.54, 1.807) is 7.11 Å². The van der Waals surface area contributed by atoms with Crippen molar-refractivity contribution in [3.63, 3.8) is 0 Å². The van der Waals surface area contributed by atoms with E-state index in [0.29, 0.717) is 6.04 Å². The van der Waals surface area contributed by atoms with Gasteiger partial charge < -0.3 is 10.1 Å². The van der Waals surface area contributed by atoms with E-state index < -0.39 is 0 Å². The van der Waals surface area contributed by atoms with Crippen molar-refractivity contribution in [1.82, 2.24) is 9.78 Å². The van der Waals surface area contributed by atoms with Crippen LogP contribution in [0.25, 0.3) is 0 Å².